The summed E-state index contributed by atoms with van der Waals surface area (Å²) in [5.74, 6) is -0.0721. The standard InChI is InChI=1S/C13H27NO2.Na/c1-4-5-6-7-8-9-10-11(2)12(14)13(15)16-3;/h11-12H,4-10,14H2,1-3H3;/q;+1. The summed E-state index contributed by atoms with van der Waals surface area (Å²) in [5, 5.41) is 0. The van der Waals surface area contributed by atoms with Crippen LogP contribution in [0.25, 0.3) is 0 Å². The number of carbonyl (C=O) groups excluding carboxylic acids is 1. The van der Waals surface area contributed by atoms with Gasteiger partial charge in [0.1, 0.15) is 6.04 Å². The summed E-state index contributed by atoms with van der Waals surface area (Å²) in [7, 11) is 1.39. The third kappa shape index (κ3) is 10.1. The van der Waals surface area contributed by atoms with Gasteiger partial charge in [-0.1, -0.05) is 52.4 Å². The molecule has 17 heavy (non-hydrogen) atoms. The Balaban J connectivity index is 0. The van der Waals surface area contributed by atoms with E-state index in [-0.39, 0.29) is 41.4 Å². The molecule has 4 heteroatoms. The van der Waals surface area contributed by atoms with Crippen LogP contribution in [0.5, 0.6) is 0 Å². The van der Waals surface area contributed by atoms with Gasteiger partial charge in [0.25, 0.3) is 0 Å². The van der Waals surface area contributed by atoms with E-state index in [0.29, 0.717) is 0 Å². The molecule has 0 amide bonds. The second-order valence-electron chi connectivity index (χ2n) is 4.58. The maximum absolute atomic E-state index is 11.2. The van der Waals surface area contributed by atoms with E-state index in [2.05, 4.69) is 11.7 Å². The van der Waals surface area contributed by atoms with Gasteiger partial charge in [-0.3, -0.25) is 4.79 Å². The Morgan fingerprint density at radius 1 is 1.18 bits per heavy atom. The van der Waals surface area contributed by atoms with Crippen molar-refractivity contribution < 1.29 is 39.1 Å². The maximum Gasteiger partial charge on any atom is 1.00 e. The van der Waals surface area contributed by atoms with Crippen LogP contribution in [0.3, 0.4) is 0 Å². The number of nitrogens with two attached hydrogens (primary N) is 1. The molecule has 0 spiro atoms. The SMILES string of the molecule is CCCCCCCCC(C)C(N)C(=O)OC.[Na+]. The van der Waals surface area contributed by atoms with Crippen molar-refractivity contribution in [1.29, 1.82) is 0 Å². The van der Waals surface area contributed by atoms with E-state index in [1.165, 1.54) is 39.2 Å². The Kier molecular flexibility index (Phi) is 15.0. The molecule has 2 N–H and O–H groups in total. The predicted molar refractivity (Wildman–Crippen MR) is 67.1 cm³/mol. The summed E-state index contributed by atoms with van der Waals surface area (Å²) in [6.45, 7) is 4.24. The number of unbranched alkanes of at least 4 members (excludes halogenated alkanes) is 5. The normalized spacial score (nSPS) is 13.6. The van der Waals surface area contributed by atoms with Crippen LogP contribution in [-0.4, -0.2) is 19.1 Å². The van der Waals surface area contributed by atoms with Crippen molar-refractivity contribution in [3.8, 4) is 0 Å². The quantitative estimate of drug-likeness (QED) is 0.353. The van der Waals surface area contributed by atoms with Crippen molar-refractivity contribution in [3.63, 3.8) is 0 Å². The molecule has 0 aliphatic carbocycles. The van der Waals surface area contributed by atoms with Crippen molar-refractivity contribution >= 4 is 5.97 Å². The fourth-order valence-corrected chi connectivity index (χ4v) is 1.79. The topological polar surface area (TPSA) is 52.3 Å². The van der Waals surface area contributed by atoms with Gasteiger partial charge >= 0.3 is 35.5 Å². The summed E-state index contributed by atoms with van der Waals surface area (Å²) in [6.07, 6.45) is 8.67. The monoisotopic (exact) mass is 252 g/mol. The number of hydrogen-bond donors (Lipinski definition) is 1. The van der Waals surface area contributed by atoms with E-state index >= 15 is 0 Å². The van der Waals surface area contributed by atoms with Crippen molar-refractivity contribution in [2.24, 2.45) is 11.7 Å². The first-order chi connectivity index (χ1) is 7.63. The summed E-state index contributed by atoms with van der Waals surface area (Å²) in [5.41, 5.74) is 5.76. The van der Waals surface area contributed by atoms with E-state index in [4.69, 9.17) is 5.73 Å². The number of methoxy groups -OCH3 is 1. The zero-order valence-electron chi connectivity index (χ0n) is 12.0. The Bertz CT molecular complexity index is 188. The number of hydrogen-bond acceptors (Lipinski definition) is 3. The van der Waals surface area contributed by atoms with E-state index in [0.717, 1.165) is 12.8 Å². The van der Waals surface area contributed by atoms with Crippen molar-refractivity contribution in [2.75, 3.05) is 7.11 Å². The Labute approximate surface area is 128 Å². The van der Waals surface area contributed by atoms with Gasteiger partial charge in [0.05, 0.1) is 7.11 Å². The van der Waals surface area contributed by atoms with Crippen LogP contribution in [-0.2, 0) is 9.53 Å². The molecular weight excluding hydrogens is 225 g/mol. The van der Waals surface area contributed by atoms with Crippen LogP contribution in [0.4, 0.5) is 0 Å². The number of carbonyl (C=O) groups is 1. The van der Waals surface area contributed by atoms with Crippen LogP contribution < -0.4 is 35.3 Å². The molecule has 0 bridgehead atoms. The molecule has 0 aromatic carbocycles. The molecule has 0 heterocycles. The van der Waals surface area contributed by atoms with Gasteiger partial charge in [0.15, 0.2) is 0 Å². The van der Waals surface area contributed by atoms with Crippen molar-refractivity contribution in [1.82, 2.24) is 0 Å². The molecule has 0 aliphatic rings. The molecule has 0 radical (unpaired) electrons. The molecule has 3 nitrogen and oxygen atoms in total. The zero-order chi connectivity index (χ0) is 12.4. The second kappa shape index (κ2) is 12.9. The van der Waals surface area contributed by atoms with Gasteiger partial charge < -0.3 is 10.5 Å². The number of rotatable bonds is 9. The molecule has 0 aromatic rings. The number of esters is 1. The summed E-state index contributed by atoms with van der Waals surface area (Å²) >= 11 is 0. The van der Waals surface area contributed by atoms with Crippen molar-refractivity contribution in [2.45, 2.75) is 64.8 Å². The zero-order valence-corrected chi connectivity index (χ0v) is 14.0. The van der Waals surface area contributed by atoms with Gasteiger partial charge in [0, 0.05) is 0 Å². The van der Waals surface area contributed by atoms with E-state index in [9.17, 15) is 4.79 Å². The Hall–Kier alpha value is 0.430. The molecule has 0 aliphatic heterocycles. The molecule has 2 unspecified atom stereocenters. The smallest absolute Gasteiger partial charge is 0.468 e. The largest absolute Gasteiger partial charge is 1.00 e. The molecular formula is C13H27NNaO2+. The van der Waals surface area contributed by atoms with Crippen LogP contribution in [0.1, 0.15) is 58.8 Å². The van der Waals surface area contributed by atoms with Crippen molar-refractivity contribution in [3.05, 3.63) is 0 Å². The summed E-state index contributed by atoms with van der Waals surface area (Å²) < 4.78 is 4.63. The molecule has 96 valence electrons. The first kappa shape index (κ1) is 19.8. The number of ether oxygens (including phenoxy) is 1. The molecule has 0 saturated heterocycles. The molecule has 0 fully saturated rings. The Morgan fingerprint density at radius 3 is 2.24 bits per heavy atom. The molecule has 2 atom stereocenters. The first-order valence-corrected chi connectivity index (χ1v) is 6.46. The minimum atomic E-state index is -0.458. The van der Waals surface area contributed by atoms with Gasteiger partial charge in [-0.2, -0.15) is 0 Å². The summed E-state index contributed by atoms with van der Waals surface area (Å²) in [4.78, 5) is 11.2. The maximum atomic E-state index is 11.2. The molecule has 0 saturated carbocycles. The van der Waals surface area contributed by atoms with E-state index < -0.39 is 6.04 Å². The third-order valence-corrected chi connectivity index (χ3v) is 3.10. The van der Waals surface area contributed by atoms with Crippen LogP contribution >= 0.6 is 0 Å². The minimum Gasteiger partial charge on any atom is -0.468 e. The second-order valence-corrected chi connectivity index (χ2v) is 4.58. The van der Waals surface area contributed by atoms with E-state index in [1.54, 1.807) is 0 Å². The minimum absolute atomic E-state index is 0. The average molecular weight is 252 g/mol. The predicted octanol–water partition coefficient (Wildman–Crippen LogP) is -0.123. The fraction of sp³-hybridized carbons (Fsp3) is 0.923. The molecule has 0 aromatic heterocycles. The van der Waals surface area contributed by atoms with E-state index in [1.807, 2.05) is 6.92 Å². The first-order valence-electron chi connectivity index (χ1n) is 6.46. The van der Waals surface area contributed by atoms with Gasteiger partial charge in [-0.15, -0.1) is 0 Å². The van der Waals surface area contributed by atoms with Crippen LogP contribution in [0, 0.1) is 5.92 Å². The third-order valence-electron chi connectivity index (χ3n) is 3.10. The fourth-order valence-electron chi connectivity index (χ4n) is 1.79. The molecule has 0 rings (SSSR count). The van der Waals surface area contributed by atoms with Gasteiger partial charge in [0.2, 0.25) is 0 Å². The average Bonchev–Trinajstić information content (AvgIpc) is 2.31. The van der Waals surface area contributed by atoms with Crippen LogP contribution in [0.2, 0.25) is 0 Å². The Morgan fingerprint density at radius 2 is 1.71 bits per heavy atom. The van der Waals surface area contributed by atoms with Gasteiger partial charge in [-0.05, 0) is 12.3 Å². The van der Waals surface area contributed by atoms with Gasteiger partial charge in [-0.25, -0.2) is 0 Å². The summed E-state index contributed by atoms with van der Waals surface area (Å²) in [6, 6.07) is -0.458. The van der Waals surface area contributed by atoms with Crippen LogP contribution in [0.15, 0.2) is 0 Å².